The number of nitrogens with zero attached hydrogens (tertiary/aromatic N) is 1. The maximum Gasteiger partial charge on any atom is 0.358 e. The van der Waals surface area contributed by atoms with E-state index in [9.17, 15) is 9.59 Å². The van der Waals surface area contributed by atoms with Crippen LogP contribution in [-0.4, -0.2) is 30.3 Å². The van der Waals surface area contributed by atoms with E-state index in [0.717, 1.165) is 16.1 Å². The highest BCUT2D eigenvalue weighted by atomic mass is 32.1. The van der Waals surface area contributed by atoms with Gasteiger partial charge in [0.15, 0.2) is 23.8 Å². The SMILES string of the molecule is C[C@@H](NC(=O)COC(=O)c1csc(-c2ccccc2)n1)c1ccc2c(c1)OCO2. The second-order valence-corrected chi connectivity index (χ2v) is 7.24. The van der Waals surface area contributed by atoms with Gasteiger partial charge in [0.25, 0.3) is 5.91 Å². The Kier molecular flexibility index (Phi) is 5.44. The van der Waals surface area contributed by atoms with E-state index < -0.39 is 11.9 Å². The maximum absolute atomic E-state index is 12.2. The molecule has 4 rings (SSSR count). The van der Waals surface area contributed by atoms with Crippen LogP contribution in [0.5, 0.6) is 11.5 Å². The zero-order valence-corrected chi connectivity index (χ0v) is 16.4. The first-order valence-electron chi connectivity index (χ1n) is 8.97. The molecule has 1 aromatic heterocycles. The fraction of sp³-hybridized carbons (Fsp3) is 0.190. The highest BCUT2D eigenvalue weighted by Crippen LogP contribution is 2.34. The lowest BCUT2D eigenvalue weighted by atomic mass is 10.1. The van der Waals surface area contributed by atoms with Gasteiger partial charge in [-0.2, -0.15) is 0 Å². The first kappa shape index (κ1) is 18.9. The molecule has 29 heavy (non-hydrogen) atoms. The third-order valence-electron chi connectivity index (χ3n) is 4.34. The van der Waals surface area contributed by atoms with Gasteiger partial charge in [-0.25, -0.2) is 9.78 Å². The van der Waals surface area contributed by atoms with Crippen molar-refractivity contribution in [3.05, 3.63) is 65.2 Å². The monoisotopic (exact) mass is 410 g/mol. The first-order valence-corrected chi connectivity index (χ1v) is 9.85. The van der Waals surface area contributed by atoms with Crippen molar-refractivity contribution in [3.63, 3.8) is 0 Å². The molecule has 1 aliphatic rings. The maximum atomic E-state index is 12.2. The zero-order chi connectivity index (χ0) is 20.2. The van der Waals surface area contributed by atoms with E-state index in [1.54, 1.807) is 11.4 Å². The Morgan fingerprint density at radius 3 is 2.79 bits per heavy atom. The van der Waals surface area contributed by atoms with Gasteiger partial charge in [-0.3, -0.25) is 4.79 Å². The number of hydrogen-bond donors (Lipinski definition) is 1. The number of fused-ring (bicyclic) bond motifs is 1. The van der Waals surface area contributed by atoms with Crippen LogP contribution < -0.4 is 14.8 Å². The predicted molar refractivity (Wildman–Crippen MR) is 107 cm³/mol. The van der Waals surface area contributed by atoms with Crippen molar-refractivity contribution in [1.29, 1.82) is 0 Å². The van der Waals surface area contributed by atoms with Crippen molar-refractivity contribution < 1.29 is 23.8 Å². The van der Waals surface area contributed by atoms with Crippen molar-refractivity contribution in [2.45, 2.75) is 13.0 Å². The minimum atomic E-state index is -0.630. The van der Waals surface area contributed by atoms with Gasteiger partial charge in [-0.1, -0.05) is 36.4 Å². The number of esters is 1. The molecule has 1 amide bonds. The number of benzene rings is 2. The number of ether oxygens (including phenoxy) is 3. The Morgan fingerprint density at radius 2 is 1.97 bits per heavy atom. The summed E-state index contributed by atoms with van der Waals surface area (Å²) < 4.78 is 15.7. The van der Waals surface area contributed by atoms with E-state index in [4.69, 9.17) is 14.2 Å². The summed E-state index contributed by atoms with van der Waals surface area (Å²) in [6, 6.07) is 14.7. The Bertz CT molecular complexity index is 1030. The predicted octanol–water partition coefficient (Wildman–Crippen LogP) is 3.57. The molecule has 0 saturated heterocycles. The van der Waals surface area contributed by atoms with Gasteiger partial charge in [-0.05, 0) is 24.6 Å². The summed E-state index contributed by atoms with van der Waals surface area (Å²) in [7, 11) is 0. The van der Waals surface area contributed by atoms with Gasteiger partial charge < -0.3 is 19.5 Å². The average molecular weight is 410 g/mol. The number of aromatic nitrogens is 1. The van der Waals surface area contributed by atoms with Gasteiger partial charge in [0, 0.05) is 10.9 Å². The Labute approximate surface area is 171 Å². The van der Waals surface area contributed by atoms with Gasteiger partial charge in [0.2, 0.25) is 6.79 Å². The van der Waals surface area contributed by atoms with Crippen LogP contribution in [0.25, 0.3) is 10.6 Å². The molecule has 2 aromatic carbocycles. The number of rotatable bonds is 6. The molecule has 1 aliphatic heterocycles. The van der Waals surface area contributed by atoms with E-state index in [-0.39, 0.29) is 25.1 Å². The molecular weight excluding hydrogens is 392 g/mol. The van der Waals surface area contributed by atoms with Gasteiger partial charge >= 0.3 is 5.97 Å². The zero-order valence-electron chi connectivity index (χ0n) is 15.6. The summed E-state index contributed by atoms with van der Waals surface area (Å²) >= 11 is 1.35. The van der Waals surface area contributed by atoms with E-state index in [1.807, 2.05) is 49.4 Å². The van der Waals surface area contributed by atoms with E-state index in [0.29, 0.717) is 11.5 Å². The number of amides is 1. The summed E-state index contributed by atoms with van der Waals surface area (Å²) in [5.41, 5.74) is 1.97. The lowest BCUT2D eigenvalue weighted by Gasteiger charge is -2.14. The van der Waals surface area contributed by atoms with Crippen LogP contribution in [-0.2, 0) is 9.53 Å². The first-order chi connectivity index (χ1) is 14.1. The van der Waals surface area contributed by atoms with E-state index in [1.165, 1.54) is 11.3 Å². The molecular formula is C21H18N2O5S. The molecule has 8 heteroatoms. The molecule has 2 heterocycles. The number of thiazole rings is 1. The molecule has 3 aromatic rings. The minimum Gasteiger partial charge on any atom is -0.454 e. The number of nitrogens with one attached hydrogen (secondary N) is 1. The van der Waals surface area contributed by atoms with Crippen LogP contribution in [0.15, 0.2) is 53.9 Å². The van der Waals surface area contributed by atoms with Crippen molar-refractivity contribution >= 4 is 23.2 Å². The van der Waals surface area contributed by atoms with Gasteiger partial charge in [-0.15, -0.1) is 11.3 Å². The largest absolute Gasteiger partial charge is 0.454 e. The number of carbonyl (C=O) groups is 2. The highest BCUT2D eigenvalue weighted by molar-refractivity contribution is 7.13. The van der Waals surface area contributed by atoms with Crippen LogP contribution >= 0.6 is 11.3 Å². The molecule has 1 atom stereocenters. The molecule has 7 nitrogen and oxygen atoms in total. The van der Waals surface area contributed by atoms with Crippen molar-refractivity contribution in [1.82, 2.24) is 10.3 Å². The molecule has 0 saturated carbocycles. The van der Waals surface area contributed by atoms with Crippen LogP contribution in [0.2, 0.25) is 0 Å². The summed E-state index contributed by atoms with van der Waals surface area (Å²) in [6.07, 6.45) is 0. The molecule has 0 fully saturated rings. The third kappa shape index (κ3) is 4.38. The molecule has 0 unspecified atom stereocenters. The molecule has 1 N–H and O–H groups in total. The molecule has 0 aliphatic carbocycles. The van der Waals surface area contributed by atoms with Gasteiger partial charge in [0.1, 0.15) is 5.01 Å². The highest BCUT2D eigenvalue weighted by Gasteiger charge is 2.18. The molecule has 0 radical (unpaired) electrons. The minimum absolute atomic E-state index is 0.186. The topological polar surface area (TPSA) is 86.8 Å². The summed E-state index contributed by atoms with van der Waals surface area (Å²) in [6.45, 7) is 1.65. The quantitative estimate of drug-likeness (QED) is 0.625. The number of carbonyl (C=O) groups excluding carboxylic acids is 2. The summed E-state index contributed by atoms with van der Waals surface area (Å²) in [5, 5.41) is 5.14. The number of hydrogen-bond acceptors (Lipinski definition) is 7. The molecule has 0 spiro atoms. The fourth-order valence-corrected chi connectivity index (χ4v) is 3.63. The molecule has 148 valence electrons. The van der Waals surface area contributed by atoms with E-state index in [2.05, 4.69) is 10.3 Å². The fourth-order valence-electron chi connectivity index (χ4n) is 2.83. The van der Waals surface area contributed by atoms with Crippen molar-refractivity contribution in [2.24, 2.45) is 0 Å². The van der Waals surface area contributed by atoms with Crippen molar-refractivity contribution in [2.75, 3.05) is 13.4 Å². The summed E-state index contributed by atoms with van der Waals surface area (Å²) in [5.74, 6) is 0.295. The lowest BCUT2D eigenvalue weighted by molar-refractivity contribution is -0.124. The normalized spacial score (nSPS) is 13.0. The lowest BCUT2D eigenvalue weighted by Crippen LogP contribution is -2.31. The van der Waals surface area contributed by atoms with Crippen molar-refractivity contribution in [3.8, 4) is 22.1 Å². The summed E-state index contributed by atoms with van der Waals surface area (Å²) in [4.78, 5) is 28.6. The Hall–Kier alpha value is -3.39. The molecule has 0 bridgehead atoms. The van der Waals surface area contributed by atoms with Crippen LogP contribution in [0, 0.1) is 0 Å². The Balaban J connectivity index is 1.30. The van der Waals surface area contributed by atoms with Crippen LogP contribution in [0.3, 0.4) is 0 Å². The van der Waals surface area contributed by atoms with Crippen LogP contribution in [0.1, 0.15) is 29.0 Å². The van der Waals surface area contributed by atoms with Gasteiger partial charge in [0.05, 0.1) is 6.04 Å². The average Bonchev–Trinajstić information content (AvgIpc) is 3.41. The second kappa shape index (κ2) is 8.32. The van der Waals surface area contributed by atoms with Crippen LogP contribution in [0.4, 0.5) is 0 Å². The Morgan fingerprint density at radius 1 is 1.17 bits per heavy atom. The standard InChI is InChI=1S/C21H18N2O5S/c1-13(15-7-8-17-18(9-15)28-12-27-17)22-19(24)10-26-21(25)16-11-29-20(23-16)14-5-3-2-4-6-14/h2-9,11,13H,10,12H2,1H3,(H,22,24)/t13-/m1/s1. The third-order valence-corrected chi connectivity index (χ3v) is 5.23. The van der Waals surface area contributed by atoms with E-state index >= 15 is 0 Å². The smallest absolute Gasteiger partial charge is 0.358 e. The second-order valence-electron chi connectivity index (χ2n) is 6.38.